The van der Waals surface area contributed by atoms with Gasteiger partial charge in [-0.25, -0.2) is 9.98 Å². The van der Waals surface area contributed by atoms with Gasteiger partial charge in [0.2, 0.25) is 5.88 Å². The molecule has 3 heterocycles. The van der Waals surface area contributed by atoms with E-state index in [9.17, 15) is 0 Å². The van der Waals surface area contributed by atoms with Gasteiger partial charge in [0, 0.05) is 38.0 Å². The fraction of sp³-hybridized carbons (Fsp3) is 0.739. The van der Waals surface area contributed by atoms with Gasteiger partial charge < -0.3 is 24.4 Å². The third-order valence-electron chi connectivity index (χ3n) is 5.56. The molecule has 7 nitrogen and oxygen atoms in total. The largest absolute Gasteiger partial charge is 0.477 e. The standard InChI is InChI=1S/C23H38N4O3.HI/c1-3-15-29-22-19(8-7-12-25-22)17-26-23(24-4-2)27-13-10-20(11-14-27)30-18-21-9-5-6-16-28-21;/h7-8,12,20-21H,3-6,9-11,13-18H2,1-2H3,(H,24,26);1H. The predicted octanol–water partition coefficient (Wildman–Crippen LogP) is 4.00. The van der Waals surface area contributed by atoms with Gasteiger partial charge >= 0.3 is 0 Å². The van der Waals surface area contributed by atoms with Crippen molar-refractivity contribution >= 4 is 29.9 Å². The number of hydrogen-bond acceptors (Lipinski definition) is 5. The van der Waals surface area contributed by atoms with E-state index in [-0.39, 0.29) is 24.0 Å². The first-order valence-corrected chi connectivity index (χ1v) is 11.6. The van der Waals surface area contributed by atoms with E-state index < -0.39 is 0 Å². The lowest BCUT2D eigenvalue weighted by Gasteiger charge is -2.35. The molecular weight excluding hydrogens is 507 g/mol. The molecule has 0 saturated carbocycles. The number of aliphatic imine (C=N–C) groups is 1. The van der Waals surface area contributed by atoms with Crippen molar-refractivity contribution in [3.05, 3.63) is 23.9 Å². The summed E-state index contributed by atoms with van der Waals surface area (Å²) in [6.45, 7) is 9.81. The molecule has 2 aliphatic rings. The van der Waals surface area contributed by atoms with Gasteiger partial charge in [-0.3, -0.25) is 0 Å². The molecule has 176 valence electrons. The van der Waals surface area contributed by atoms with E-state index in [0.29, 0.717) is 31.2 Å². The summed E-state index contributed by atoms with van der Waals surface area (Å²) in [4.78, 5) is 11.6. The number of guanidine groups is 1. The molecule has 0 spiro atoms. The molecule has 2 fully saturated rings. The van der Waals surface area contributed by atoms with Gasteiger partial charge in [0.25, 0.3) is 0 Å². The summed E-state index contributed by atoms with van der Waals surface area (Å²) in [5.74, 6) is 1.65. The minimum atomic E-state index is 0. The summed E-state index contributed by atoms with van der Waals surface area (Å²) < 4.78 is 17.7. The second kappa shape index (κ2) is 14.8. The second-order valence-corrected chi connectivity index (χ2v) is 7.99. The van der Waals surface area contributed by atoms with Crippen LogP contribution in [0.3, 0.4) is 0 Å². The Hall–Kier alpha value is -1.13. The average Bonchev–Trinajstić information content (AvgIpc) is 2.80. The summed E-state index contributed by atoms with van der Waals surface area (Å²) >= 11 is 0. The first-order valence-electron chi connectivity index (χ1n) is 11.6. The van der Waals surface area contributed by atoms with Gasteiger partial charge in [0.1, 0.15) is 0 Å². The second-order valence-electron chi connectivity index (χ2n) is 7.99. The van der Waals surface area contributed by atoms with Crippen molar-refractivity contribution in [3.63, 3.8) is 0 Å². The van der Waals surface area contributed by atoms with Crippen LogP contribution in [0.1, 0.15) is 57.9 Å². The molecule has 2 aliphatic heterocycles. The maximum atomic E-state index is 6.16. The molecule has 2 saturated heterocycles. The molecule has 1 aromatic rings. The lowest BCUT2D eigenvalue weighted by Crippen LogP contribution is -2.47. The van der Waals surface area contributed by atoms with Crippen LogP contribution in [0.25, 0.3) is 0 Å². The van der Waals surface area contributed by atoms with Crippen LogP contribution in [0, 0.1) is 0 Å². The molecule has 0 radical (unpaired) electrons. The minimum absolute atomic E-state index is 0. The Morgan fingerprint density at radius 3 is 2.81 bits per heavy atom. The van der Waals surface area contributed by atoms with E-state index in [1.165, 1.54) is 12.8 Å². The molecule has 3 rings (SSSR count). The lowest BCUT2D eigenvalue weighted by atomic mass is 10.1. The van der Waals surface area contributed by atoms with E-state index in [0.717, 1.165) is 70.1 Å². The van der Waals surface area contributed by atoms with E-state index in [1.807, 2.05) is 12.1 Å². The van der Waals surface area contributed by atoms with Crippen molar-refractivity contribution < 1.29 is 14.2 Å². The highest BCUT2D eigenvalue weighted by molar-refractivity contribution is 14.0. The van der Waals surface area contributed by atoms with Crippen molar-refractivity contribution in [2.75, 3.05) is 39.5 Å². The van der Waals surface area contributed by atoms with Crippen LogP contribution in [0.2, 0.25) is 0 Å². The zero-order valence-corrected chi connectivity index (χ0v) is 21.4. The first-order chi connectivity index (χ1) is 14.8. The van der Waals surface area contributed by atoms with Crippen LogP contribution in [0.15, 0.2) is 23.3 Å². The average molecular weight is 546 g/mol. The zero-order chi connectivity index (χ0) is 21.0. The maximum Gasteiger partial charge on any atom is 0.218 e. The topological polar surface area (TPSA) is 68.2 Å². The normalized spacial score (nSPS) is 20.3. The van der Waals surface area contributed by atoms with Gasteiger partial charge in [-0.2, -0.15) is 0 Å². The van der Waals surface area contributed by atoms with Crippen LogP contribution in [0.5, 0.6) is 5.88 Å². The Balaban J connectivity index is 0.00000341. The Bertz CT molecular complexity index is 647. The van der Waals surface area contributed by atoms with Crippen LogP contribution >= 0.6 is 24.0 Å². The van der Waals surface area contributed by atoms with Crippen LogP contribution in [-0.4, -0.2) is 67.5 Å². The number of nitrogens with zero attached hydrogens (tertiary/aromatic N) is 3. The van der Waals surface area contributed by atoms with Crippen molar-refractivity contribution in [3.8, 4) is 5.88 Å². The van der Waals surface area contributed by atoms with Crippen molar-refractivity contribution in [2.24, 2.45) is 4.99 Å². The highest BCUT2D eigenvalue weighted by atomic mass is 127. The summed E-state index contributed by atoms with van der Waals surface area (Å²) in [5, 5.41) is 3.44. The summed E-state index contributed by atoms with van der Waals surface area (Å²) in [6, 6.07) is 3.98. The Labute approximate surface area is 204 Å². The summed E-state index contributed by atoms with van der Waals surface area (Å²) in [6.07, 6.45) is 8.97. The van der Waals surface area contributed by atoms with Gasteiger partial charge in [-0.15, -0.1) is 24.0 Å². The number of halogens is 1. The maximum absolute atomic E-state index is 6.16. The number of hydrogen-bond donors (Lipinski definition) is 1. The fourth-order valence-corrected chi connectivity index (χ4v) is 3.88. The predicted molar refractivity (Wildman–Crippen MR) is 134 cm³/mol. The van der Waals surface area contributed by atoms with E-state index in [1.54, 1.807) is 6.20 Å². The highest BCUT2D eigenvalue weighted by Gasteiger charge is 2.24. The first kappa shape index (κ1) is 26.1. The summed E-state index contributed by atoms with van der Waals surface area (Å²) in [5.41, 5.74) is 1.02. The molecule has 0 amide bonds. The van der Waals surface area contributed by atoms with Crippen LogP contribution in [0.4, 0.5) is 0 Å². The number of ether oxygens (including phenoxy) is 3. The smallest absolute Gasteiger partial charge is 0.218 e. The van der Waals surface area contributed by atoms with Crippen molar-refractivity contribution in [1.82, 2.24) is 15.2 Å². The number of likely N-dealkylation sites (tertiary alicyclic amines) is 1. The van der Waals surface area contributed by atoms with E-state index in [2.05, 4.69) is 29.0 Å². The van der Waals surface area contributed by atoms with Gasteiger partial charge in [-0.1, -0.05) is 13.0 Å². The lowest BCUT2D eigenvalue weighted by molar-refractivity contribution is -0.0721. The van der Waals surface area contributed by atoms with E-state index >= 15 is 0 Å². The fourth-order valence-electron chi connectivity index (χ4n) is 3.88. The van der Waals surface area contributed by atoms with Crippen molar-refractivity contribution in [1.29, 1.82) is 0 Å². The van der Waals surface area contributed by atoms with Crippen molar-refractivity contribution in [2.45, 2.75) is 71.1 Å². The summed E-state index contributed by atoms with van der Waals surface area (Å²) in [7, 11) is 0. The monoisotopic (exact) mass is 546 g/mol. The molecule has 0 aliphatic carbocycles. The molecule has 1 aromatic heterocycles. The van der Waals surface area contributed by atoms with Gasteiger partial charge in [-0.05, 0) is 51.5 Å². The number of pyridine rings is 1. The third-order valence-corrected chi connectivity index (χ3v) is 5.56. The highest BCUT2D eigenvalue weighted by Crippen LogP contribution is 2.19. The zero-order valence-electron chi connectivity index (χ0n) is 19.1. The molecule has 1 unspecified atom stereocenters. The number of piperidine rings is 1. The molecule has 0 bridgehead atoms. The third kappa shape index (κ3) is 8.73. The molecule has 1 atom stereocenters. The quantitative estimate of drug-likeness (QED) is 0.287. The van der Waals surface area contributed by atoms with Gasteiger partial charge in [0.05, 0.1) is 32.0 Å². The number of nitrogens with one attached hydrogen (secondary N) is 1. The minimum Gasteiger partial charge on any atom is -0.477 e. The Morgan fingerprint density at radius 1 is 1.26 bits per heavy atom. The Kier molecular flexibility index (Phi) is 12.5. The molecule has 0 aromatic carbocycles. The molecule has 8 heteroatoms. The number of rotatable bonds is 9. The van der Waals surface area contributed by atoms with E-state index in [4.69, 9.17) is 19.2 Å². The molecule has 1 N–H and O–H groups in total. The Morgan fingerprint density at radius 2 is 2.10 bits per heavy atom. The molecular formula is C23H39IN4O3. The van der Waals surface area contributed by atoms with Gasteiger partial charge in [0.15, 0.2) is 5.96 Å². The molecule has 31 heavy (non-hydrogen) atoms. The SMILES string of the molecule is CCCOc1ncccc1CN=C(NCC)N1CCC(OCC2CCCCO2)CC1.I. The van der Waals surface area contributed by atoms with Crippen LogP contribution < -0.4 is 10.1 Å². The van der Waals surface area contributed by atoms with Crippen LogP contribution in [-0.2, 0) is 16.0 Å². The number of aromatic nitrogens is 1.